The van der Waals surface area contributed by atoms with E-state index in [1.165, 1.54) is 12.4 Å². The number of pyridine rings is 4. The summed E-state index contributed by atoms with van der Waals surface area (Å²) in [5, 5.41) is 20.6. The van der Waals surface area contributed by atoms with Gasteiger partial charge in [0.1, 0.15) is 17.6 Å². The van der Waals surface area contributed by atoms with Gasteiger partial charge in [-0.1, -0.05) is 13.8 Å². The zero-order chi connectivity index (χ0) is 25.5. The maximum Gasteiger partial charge on any atom is 0.161 e. The first kappa shape index (κ1) is 22.7. The number of rotatable bonds is 6. The maximum atomic E-state index is 16.0. The second-order valence-corrected chi connectivity index (χ2v) is 8.98. The molecule has 184 valence electrons. The highest BCUT2D eigenvalue weighted by Crippen LogP contribution is 2.34. The molecule has 0 aromatic carbocycles. The lowest BCUT2D eigenvalue weighted by Crippen LogP contribution is -2.24. The summed E-state index contributed by atoms with van der Waals surface area (Å²) in [5.41, 5.74) is 5.01. The van der Waals surface area contributed by atoms with Crippen LogP contribution in [0.1, 0.15) is 13.8 Å². The van der Waals surface area contributed by atoms with Crippen LogP contribution < -0.4 is 5.32 Å². The Hall–Kier alpha value is -4.77. The predicted molar refractivity (Wildman–Crippen MR) is 138 cm³/mol. The molecule has 6 heterocycles. The second kappa shape index (κ2) is 9.03. The standard InChI is InChI=1S/C26H22FN9O/c1-13(2)26(37)32-16-7-15(8-29-9-16)22-21(27)20-18(12-31-22)35-36-24(20)25-33-19-11-30-10-17(23(19)34-25)14-3-5-28-6-4-14/h3-13,26,32,37H,1-2H3,(H,33,34)(H,35,36). The number of aliphatic hydroxyl groups is 1. The van der Waals surface area contributed by atoms with Crippen LogP contribution in [0.25, 0.3) is 55.8 Å². The summed E-state index contributed by atoms with van der Waals surface area (Å²) in [6, 6.07) is 5.45. The monoisotopic (exact) mass is 495 g/mol. The van der Waals surface area contributed by atoms with Gasteiger partial charge in [-0.25, -0.2) is 9.37 Å². The van der Waals surface area contributed by atoms with Gasteiger partial charge in [0.25, 0.3) is 0 Å². The third-order valence-corrected chi connectivity index (χ3v) is 6.11. The van der Waals surface area contributed by atoms with Gasteiger partial charge < -0.3 is 15.4 Å². The van der Waals surface area contributed by atoms with Crippen molar-refractivity contribution >= 4 is 27.6 Å². The number of H-pyrrole nitrogens is 2. The Morgan fingerprint density at radius 3 is 2.54 bits per heavy atom. The number of hydrogen-bond donors (Lipinski definition) is 4. The normalized spacial score (nSPS) is 12.5. The molecular weight excluding hydrogens is 473 g/mol. The Bertz CT molecular complexity index is 1730. The van der Waals surface area contributed by atoms with E-state index in [2.05, 4.69) is 40.4 Å². The van der Waals surface area contributed by atoms with Crippen molar-refractivity contribution in [3.63, 3.8) is 0 Å². The molecule has 0 aliphatic heterocycles. The zero-order valence-electron chi connectivity index (χ0n) is 19.9. The van der Waals surface area contributed by atoms with Crippen molar-refractivity contribution in [1.29, 1.82) is 0 Å². The predicted octanol–water partition coefficient (Wildman–Crippen LogP) is 4.55. The van der Waals surface area contributed by atoms with Gasteiger partial charge in [-0.05, 0) is 29.7 Å². The van der Waals surface area contributed by atoms with Crippen LogP contribution in [0.4, 0.5) is 10.1 Å². The zero-order valence-corrected chi connectivity index (χ0v) is 19.9. The summed E-state index contributed by atoms with van der Waals surface area (Å²) in [4.78, 5) is 24.9. The number of aromatic amines is 2. The number of aromatic nitrogens is 8. The Balaban J connectivity index is 1.45. The lowest BCUT2D eigenvalue weighted by atomic mass is 10.1. The van der Waals surface area contributed by atoms with Crippen molar-refractivity contribution in [3.05, 3.63) is 67.4 Å². The van der Waals surface area contributed by atoms with Crippen LogP contribution in [0, 0.1) is 11.7 Å². The molecule has 37 heavy (non-hydrogen) atoms. The minimum Gasteiger partial charge on any atom is -0.374 e. The van der Waals surface area contributed by atoms with E-state index >= 15 is 4.39 Å². The molecule has 0 saturated carbocycles. The molecule has 0 amide bonds. The summed E-state index contributed by atoms with van der Waals surface area (Å²) in [6.45, 7) is 3.78. The molecule has 1 atom stereocenters. The van der Waals surface area contributed by atoms with Crippen LogP contribution in [0.3, 0.4) is 0 Å². The smallest absolute Gasteiger partial charge is 0.161 e. The highest BCUT2D eigenvalue weighted by molar-refractivity contribution is 5.97. The first-order valence-electron chi connectivity index (χ1n) is 11.7. The quantitative estimate of drug-likeness (QED) is 0.247. The number of nitrogens with zero attached hydrogens (tertiary/aromatic N) is 6. The largest absolute Gasteiger partial charge is 0.374 e. The molecule has 0 bridgehead atoms. The number of nitrogens with one attached hydrogen (secondary N) is 3. The highest BCUT2D eigenvalue weighted by Gasteiger charge is 2.21. The number of imidazole rings is 1. The fourth-order valence-corrected chi connectivity index (χ4v) is 4.12. The van der Waals surface area contributed by atoms with Crippen molar-refractivity contribution in [1.82, 2.24) is 40.1 Å². The van der Waals surface area contributed by atoms with E-state index in [4.69, 9.17) is 4.98 Å². The summed E-state index contributed by atoms with van der Waals surface area (Å²) < 4.78 is 16.0. The molecule has 6 aromatic rings. The van der Waals surface area contributed by atoms with Gasteiger partial charge in [0.05, 0.1) is 46.2 Å². The molecule has 11 heteroatoms. The van der Waals surface area contributed by atoms with E-state index in [1.807, 2.05) is 26.0 Å². The molecule has 0 radical (unpaired) electrons. The summed E-state index contributed by atoms with van der Waals surface area (Å²) in [5.74, 6) is -0.173. The molecule has 6 rings (SSSR count). The second-order valence-electron chi connectivity index (χ2n) is 8.98. The highest BCUT2D eigenvalue weighted by atomic mass is 19.1. The molecule has 0 saturated heterocycles. The minimum absolute atomic E-state index is 0.0126. The average Bonchev–Trinajstić information content (AvgIpc) is 3.54. The maximum absolute atomic E-state index is 16.0. The lowest BCUT2D eigenvalue weighted by Gasteiger charge is -2.17. The number of fused-ring (bicyclic) bond motifs is 2. The fraction of sp³-hybridized carbons (Fsp3) is 0.154. The Kier molecular flexibility index (Phi) is 5.53. The van der Waals surface area contributed by atoms with E-state index in [0.717, 1.165) is 11.1 Å². The fourth-order valence-electron chi connectivity index (χ4n) is 4.12. The molecule has 4 N–H and O–H groups in total. The first-order chi connectivity index (χ1) is 18.0. The molecule has 10 nitrogen and oxygen atoms in total. The van der Waals surface area contributed by atoms with Gasteiger partial charge in [0.2, 0.25) is 0 Å². The Morgan fingerprint density at radius 1 is 0.919 bits per heavy atom. The molecule has 0 aliphatic carbocycles. The van der Waals surface area contributed by atoms with Crippen LogP contribution >= 0.6 is 0 Å². The number of anilines is 1. The van der Waals surface area contributed by atoms with E-state index < -0.39 is 12.0 Å². The molecule has 1 unspecified atom stereocenters. The summed E-state index contributed by atoms with van der Waals surface area (Å²) >= 11 is 0. The Labute approximate surface area is 210 Å². The van der Waals surface area contributed by atoms with Crippen molar-refractivity contribution in [3.8, 4) is 33.9 Å². The van der Waals surface area contributed by atoms with E-state index in [9.17, 15) is 5.11 Å². The molecular formula is C26H22FN9O. The van der Waals surface area contributed by atoms with E-state index in [1.54, 1.807) is 37.1 Å². The summed E-state index contributed by atoms with van der Waals surface area (Å²) in [7, 11) is 0. The number of halogens is 1. The topological polar surface area (TPSA) is 141 Å². The first-order valence-corrected chi connectivity index (χ1v) is 11.7. The number of aliphatic hydroxyl groups excluding tert-OH is 1. The van der Waals surface area contributed by atoms with Gasteiger partial charge in [0, 0.05) is 35.9 Å². The van der Waals surface area contributed by atoms with E-state index in [-0.39, 0.29) is 17.0 Å². The van der Waals surface area contributed by atoms with Gasteiger partial charge in [-0.15, -0.1) is 0 Å². The van der Waals surface area contributed by atoms with Crippen molar-refractivity contribution in [2.75, 3.05) is 5.32 Å². The third-order valence-electron chi connectivity index (χ3n) is 6.11. The van der Waals surface area contributed by atoms with Gasteiger partial charge in [-0.3, -0.25) is 25.0 Å². The van der Waals surface area contributed by atoms with Crippen molar-refractivity contribution in [2.24, 2.45) is 5.92 Å². The summed E-state index contributed by atoms with van der Waals surface area (Å²) in [6.07, 6.45) is 10.7. The average molecular weight is 496 g/mol. The lowest BCUT2D eigenvalue weighted by molar-refractivity contribution is 0.153. The van der Waals surface area contributed by atoms with Crippen LogP contribution in [0.2, 0.25) is 0 Å². The van der Waals surface area contributed by atoms with Crippen molar-refractivity contribution in [2.45, 2.75) is 20.1 Å². The molecule has 0 aliphatic rings. The minimum atomic E-state index is -0.766. The SMILES string of the molecule is CC(C)C(O)Nc1cncc(-c2ncc3[nH]nc(-c4nc5c(-c6ccncc6)cncc5[nH]4)c3c2F)c1. The molecule has 6 aromatic heterocycles. The molecule has 0 fully saturated rings. The van der Waals surface area contributed by atoms with Crippen molar-refractivity contribution < 1.29 is 9.50 Å². The van der Waals surface area contributed by atoms with Crippen LogP contribution in [0.5, 0.6) is 0 Å². The third kappa shape index (κ3) is 4.04. The van der Waals surface area contributed by atoms with Gasteiger partial charge >= 0.3 is 0 Å². The van der Waals surface area contributed by atoms with Crippen LogP contribution in [-0.4, -0.2) is 51.4 Å². The van der Waals surface area contributed by atoms with Crippen LogP contribution in [-0.2, 0) is 0 Å². The van der Waals surface area contributed by atoms with Gasteiger partial charge in [0.15, 0.2) is 11.6 Å². The van der Waals surface area contributed by atoms with Gasteiger partial charge in [-0.2, -0.15) is 5.10 Å². The molecule has 0 spiro atoms. The Morgan fingerprint density at radius 2 is 1.73 bits per heavy atom. The van der Waals surface area contributed by atoms with E-state index in [0.29, 0.717) is 39.3 Å². The number of hydrogen-bond acceptors (Lipinski definition) is 8. The van der Waals surface area contributed by atoms with Crippen LogP contribution in [0.15, 0.2) is 61.6 Å².